The zero-order chi connectivity index (χ0) is 16.9. The van der Waals surface area contributed by atoms with Gasteiger partial charge < -0.3 is 14.6 Å². The van der Waals surface area contributed by atoms with Crippen LogP contribution in [0.25, 0.3) is 11.4 Å². The lowest BCUT2D eigenvalue weighted by atomic mass is 10.1. The van der Waals surface area contributed by atoms with Crippen molar-refractivity contribution in [2.45, 2.75) is 24.9 Å². The topological polar surface area (TPSA) is 80.5 Å². The Morgan fingerprint density at radius 2 is 2.21 bits per heavy atom. The van der Waals surface area contributed by atoms with Crippen LogP contribution >= 0.6 is 0 Å². The highest BCUT2D eigenvalue weighted by Gasteiger charge is 2.35. The molecule has 0 radical (unpaired) electrons. The number of hydrogen-bond acceptors (Lipinski definition) is 6. The first-order chi connectivity index (χ1) is 11.7. The van der Waals surface area contributed by atoms with Gasteiger partial charge in [-0.1, -0.05) is 35.5 Å². The number of likely N-dealkylation sites (tertiary alicyclic amines) is 1. The maximum Gasteiger partial charge on any atom is 0.244 e. The van der Waals surface area contributed by atoms with E-state index in [1.54, 1.807) is 7.11 Å². The number of carbonyl (C=O) groups excluding carboxylic acids is 1. The fourth-order valence-corrected chi connectivity index (χ4v) is 2.96. The molecule has 2 atom stereocenters. The Morgan fingerprint density at radius 1 is 1.42 bits per heavy atom. The zero-order valence-electron chi connectivity index (χ0n) is 13.9. The molecule has 0 saturated carbocycles. The molecule has 1 N–H and O–H groups in total. The molecule has 2 aromatic rings. The van der Waals surface area contributed by atoms with Crippen LogP contribution in [0.3, 0.4) is 0 Å². The van der Waals surface area contributed by atoms with Crippen LogP contribution in [0.2, 0.25) is 0 Å². The summed E-state index contributed by atoms with van der Waals surface area (Å²) < 4.78 is 10.4. The molecule has 24 heavy (non-hydrogen) atoms. The number of hydrogen-bond donors (Lipinski definition) is 1. The smallest absolute Gasteiger partial charge is 0.244 e. The van der Waals surface area contributed by atoms with Crippen molar-refractivity contribution < 1.29 is 14.1 Å². The van der Waals surface area contributed by atoms with Crippen LogP contribution in [0.15, 0.2) is 34.9 Å². The molecule has 1 aromatic heterocycles. The number of benzene rings is 1. The molecule has 1 aliphatic rings. The van der Waals surface area contributed by atoms with E-state index >= 15 is 0 Å². The predicted octanol–water partition coefficient (Wildman–Crippen LogP) is 1.63. The number of ether oxygens (including phenoxy) is 1. The summed E-state index contributed by atoms with van der Waals surface area (Å²) in [6, 6.07) is 9.83. The van der Waals surface area contributed by atoms with E-state index in [1.165, 1.54) is 0 Å². The molecule has 0 bridgehead atoms. The van der Waals surface area contributed by atoms with Gasteiger partial charge in [-0.25, -0.2) is 0 Å². The second kappa shape index (κ2) is 7.55. The van der Waals surface area contributed by atoms with Gasteiger partial charge in [0.2, 0.25) is 17.6 Å². The fourth-order valence-electron chi connectivity index (χ4n) is 2.96. The number of aromatic nitrogens is 2. The first-order valence-corrected chi connectivity index (χ1v) is 8.05. The van der Waals surface area contributed by atoms with Gasteiger partial charge in [-0.3, -0.25) is 9.69 Å². The van der Waals surface area contributed by atoms with Gasteiger partial charge in [0, 0.05) is 31.7 Å². The lowest BCUT2D eigenvalue weighted by Crippen LogP contribution is -2.36. The summed E-state index contributed by atoms with van der Waals surface area (Å²) in [5.41, 5.74) is 0.928. The second-order valence-electron chi connectivity index (χ2n) is 6.02. The SMILES string of the molecule is COCCC(=O)N[C@H]1C[C@@H](c2nc(-c3ccccc3)no2)N(C)C1. The lowest BCUT2D eigenvalue weighted by Gasteiger charge is -2.14. The third kappa shape index (κ3) is 3.80. The van der Waals surface area contributed by atoms with E-state index in [0.717, 1.165) is 18.5 Å². The summed E-state index contributed by atoms with van der Waals surface area (Å²) in [6.45, 7) is 1.19. The average Bonchev–Trinajstić information content (AvgIpc) is 3.20. The number of rotatable bonds is 6. The number of amides is 1. The molecule has 0 spiro atoms. The molecule has 1 aromatic carbocycles. The Morgan fingerprint density at radius 3 is 2.96 bits per heavy atom. The molecule has 0 unspecified atom stereocenters. The predicted molar refractivity (Wildman–Crippen MR) is 88.1 cm³/mol. The van der Waals surface area contributed by atoms with Crippen LogP contribution in [0.1, 0.15) is 24.8 Å². The summed E-state index contributed by atoms with van der Waals surface area (Å²) in [6.07, 6.45) is 1.13. The Bertz CT molecular complexity index is 673. The molecule has 7 heteroatoms. The molecule has 1 aliphatic heterocycles. The molecular weight excluding hydrogens is 308 g/mol. The summed E-state index contributed by atoms with van der Waals surface area (Å²) in [5, 5.41) is 7.11. The second-order valence-corrected chi connectivity index (χ2v) is 6.02. The van der Waals surface area contributed by atoms with Crippen molar-refractivity contribution in [3.63, 3.8) is 0 Å². The van der Waals surface area contributed by atoms with Gasteiger partial charge in [-0.15, -0.1) is 0 Å². The number of likely N-dealkylation sites (N-methyl/N-ethyl adjacent to an activating group) is 1. The van der Waals surface area contributed by atoms with Crippen molar-refractivity contribution >= 4 is 5.91 Å². The van der Waals surface area contributed by atoms with E-state index in [4.69, 9.17) is 9.26 Å². The van der Waals surface area contributed by atoms with Gasteiger partial charge in [-0.05, 0) is 13.5 Å². The van der Waals surface area contributed by atoms with Crippen LogP contribution in [-0.2, 0) is 9.53 Å². The molecule has 1 amide bonds. The number of nitrogens with one attached hydrogen (secondary N) is 1. The minimum atomic E-state index is 0.00593. The Labute approximate surface area is 141 Å². The number of methoxy groups -OCH3 is 1. The van der Waals surface area contributed by atoms with E-state index in [1.807, 2.05) is 37.4 Å². The molecular formula is C17H22N4O3. The molecule has 7 nitrogen and oxygen atoms in total. The van der Waals surface area contributed by atoms with Gasteiger partial charge >= 0.3 is 0 Å². The number of nitrogens with zero attached hydrogens (tertiary/aromatic N) is 3. The number of carbonyl (C=O) groups is 1. The van der Waals surface area contributed by atoms with Gasteiger partial charge in [0.15, 0.2) is 0 Å². The van der Waals surface area contributed by atoms with Crippen LogP contribution in [0.5, 0.6) is 0 Å². The summed E-state index contributed by atoms with van der Waals surface area (Å²) in [7, 11) is 3.59. The minimum Gasteiger partial charge on any atom is -0.384 e. The van der Waals surface area contributed by atoms with Gasteiger partial charge in [-0.2, -0.15) is 4.98 Å². The van der Waals surface area contributed by atoms with Gasteiger partial charge in [0.25, 0.3) is 0 Å². The van der Waals surface area contributed by atoms with Gasteiger partial charge in [0.1, 0.15) is 0 Å². The fraction of sp³-hybridized carbons (Fsp3) is 0.471. The van der Waals surface area contributed by atoms with Crippen LogP contribution in [0, 0.1) is 0 Å². The van der Waals surface area contributed by atoms with Gasteiger partial charge in [0.05, 0.1) is 12.6 Å². The summed E-state index contributed by atoms with van der Waals surface area (Å²) in [4.78, 5) is 18.5. The van der Waals surface area contributed by atoms with Crippen molar-refractivity contribution in [1.82, 2.24) is 20.4 Å². The highest BCUT2D eigenvalue weighted by atomic mass is 16.5. The maximum absolute atomic E-state index is 11.8. The molecule has 2 heterocycles. The van der Waals surface area contributed by atoms with Crippen molar-refractivity contribution in [1.29, 1.82) is 0 Å². The molecule has 0 aliphatic carbocycles. The van der Waals surface area contributed by atoms with Crippen molar-refractivity contribution in [3.05, 3.63) is 36.2 Å². The van der Waals surface area contributed by atoms with Crippen LogP contribution < -0.4 is 5.32 Å². The molecule has 1 fully saturated rings. The Kier molecular flexibility index (Phi) is 5.22. The van der Waals surface area contributed by atoms with Crippen molar-refractivity contribution in [3.8, 4) is 11.4 Å². The zero-order valence-corrected chi connectivity index (χ0v) is 13.9. The summed E-state index contributed by atoms with van der Waals surface area (Å²) in [5.74, 6) is 1.18. The van der Waals surface area contributed by atoms with E-state index < -0.39 is 0 Å². The van der Waals surface area contributed by atoms with E-state index in [9.17, 15) is 4.79 Å². The molecule has 1 saturated heterocycles. The average molecular weight is 330 g/mol. The summed E-state index contributed by atoms with van der Waals surface area (Å²) >= 11 is 0. The maximum atomic E-state index is 11.8. The standard InChI is InChI=1S/C17H22N4O3/c1-21-11-13(18-15(22)8-9-23-2)10-14(21)17-19-16(20-24-17)12-6-4-3-5-7-12/h3-7,13-14H,8-11H2,1-2H3,(H,18,22)/t13-,14-/m0/s1. The van der Waals surface area contributed by atoms with E-state index in [0.29, 0.717) is 24.7 Å². The minimum absolute atomic E-state index is 0.00593. The molecule has 3 rings (SSSR count). The first kappa shape index (κ1) is 16.6. The van der Waals surface area contributed by atoms with Crippen molar-refractivity contribution in [2.75, 3.05) is 27.3 Å². The van der Waals surface area contributed by atoms with Crippen LogP contribution in [0.4, 0.5) is 0 Å². The highest BCUT2D eigenvalue weighted by molar-refractivity contribution is 5.76. The molecule has 128 valence electrons. The third-order valence-electron chi connectivity index (χ3n) is 4.21. The third-order valence-corrected chi connectivity index (χ3v) is 4.21. The lowest BCUT2D eigenvalue weighted by molar-refractivity contribution is -0.122. The normalized spacial score (nSPS) is 21.1. The quantitative estimate of drug-likeness (QED) is 0.867. The first-order valence-electron chi connectivity index (χ1n) is 8.05. The van der Waals surface area contributed by atoms with Crippen molar-refractivity contribution in [2.24, 2.45) is 0 Å². The largest absolute Gasteiger partial charge is 0.384 e. The highest BCUT2D eigenvalue weighted by Crippen LogP contribution is 2.30. The Hall–Kier alpha value is -2.25. The monoisotopic (exact) mass is 330 g/mol. The van der Waals surface area contributed by atoms with E-state index in [-0.39, 0.29) is 18.0 Å². The Balaban J connectivity index is 1.63. The van der Waals surface area contributed by atoms with Crippen LogP contribution in [-0.4, -0.2) is 54.3 Å². The van der Waals surface area contributed by atoms with E-state index in [2.05, 4.69) is 20.4 Å².